The summed E-state index contributed by atoms with van der Waals surface area (Å²) in [6.45, 7) is 7.83. The normalized spacial score (nSPS) is 14.8. The molecule has 2 aromatic carbocycles. The summed E-state index contributed by atoms with van der Waals surface area (Å²) in [7, 11) is 2.03. The molecule has 0 saturated heterocycles. The second kappa shape index (κ2) is 6.78. The third-order valence-corrected chi connectivity index (χ3v) is 5.09. The maximum absolute atomic E-state index is 13.0. The number of fused-ring (bicyclic) bond motifs is 1. The first-order valence-corrected chi connectivity index (χ1v) is 8.63. The first-order chi connectivity index (χ1) is 11.5. The van der Waals surface area contributed by atoms with Gasteiger partial charge in [-0.2, -0.15) is 0 Å². The number of aryl methyl sites for hydroxylation is 2. The van der Waals surface area contributed by atoms with Gasteiger partial charge < -0.3 is 4.90 Å². The summed E-state index contributed by atoms with van der Waals surface area (Å²) < 4.78 is 0. The SMILES string of the molecule is Cc1ccc(CN(C)[C@@H](C)C(=O)N2CCc3ccccc32)c(C)c1. The lowest BCUT2D eigenvalue weighted by Gasteiger charge is -2.29. The standard InChI is InChI=1S/C21H26N2O/c1-15-9-10-19(16(2)13-15)14-22(4)17(3)21(24)23-12-11-18-7-5-6-8-20(18)23/h5-10,13,17H,11-12,14H2,1-4H3/t17-/m0/s1. The second-order valence-corrected chi connectivity index (χ2v) is 6.89. The summed E-state index contributed by atoms with van der Waals surface area (Å²) in [5.74, 6) is 0.187. The molecule has 0 saturated carbocycles. The van der Waals surface area contributed by atoms with E-state index in [9.17, 15) is 4.79 Å². The van der Waals surface area contributed by atoms with Gasteiger partial charge in [0.2, 0.25) is 5.91 Å². The van der Waals surface area contributed by atoms with Crippen molar-refractivity contribution in [1.82, 2.24) is 4.90 Å². The molecule has 1 aliphatic rings. The van der Waals surface area contributed by atoms with E-state index in [1.54, 1.807) is 0 Å². The molecule has 2 aromatic rings. The van der Waals surface area contributed by atoms with E-state index in [4.69, 9.17) is 0 Å². The number of anilines is 1. The van der Waals surface area contributed by atoms with Gasteiger partial charge in [-0.15, -0.1) is 0 Å². The van der Waals surface area contributed by atoms with Gasteiger partial charge in [-0.3, -0.25) is 9.69 Å². The second-order valence-electron chi connectivity index (χ2n) is 6.89. The molecule has 3 nitrogen and oxygen atoms in total. The molecule has 3 rings (SSSR count). The van der Waals surface area contributed by atoms with E-state index in [1.165, 1.54) is 22.3 Å². The topological polar surface area (TPSA) is 23.6 Å². The molecule has 0 radical (unpaired) electrons. The lowest BCUT2D eigenvalue weighted by molar-refractivity contribution is -0.122. The van der Waals surface area contributed by atoms with Crippen LogP contribution in [0.2, 0.25) is 0 Å². The zero-order chi connectivity index (χ0) is 17.3. The van der Waals surface area contributed by atoms with E-state index < -0.39 is 0 Å². The van der Waals surface area contributed by atoms with E-state index in [0.717, 1.165) is 25.2 Å². The number of carbonyl (C=O) groups excluding carboxylic acids is 1. The van der Waals surface area contributed by atoms with Crippen LogP contribution in [0.25, 0.3) is 0 Å². The van der Waals surface area contributed by atoms with Crippen LogP contribution in [0.15, 0.2) is 42.5 Å². The molecule has 0 spiro atoms. The molecular weight excluding hydrogens is 296 g/mol. The maximum atomic E-state index is 13.0. The molecule has 0 aromatic heterocycles. The van der Waals surface area contributed by atoms with E-state index in [1.807, 2.05) is 31.0 Å². The first kappa shape index (κ1) is 16.7. The summed E-state index contributed by atoms with van der Waals surface area (Å²) in [5, 5.41) is 0. The van der Waals surface area contributed by atoms with Gasteiger partial charge in [-0.1, -0.05) is 42.0 Å². The average molecular weight is 322 g/mol. The third-order valence-electron chi connectivity index (χ3n) is 5.09. The third kappa shape index (κ3) is 3.22. The van der Waals surface area contributed by atoms with E-state index in [0.29, 0.717) is 0 Å². The van der Waals surface area contributed by atoms with Crippen LogP contribution < -0.4 is 4.90 Å². The molecule has 3 heteroatoms. The number of rotatable bonds is 4. The number of amides is 1. The largest absolute Gasteiger partial charge is 0.310 e. The van der Waals surface area contributed by atoms with Gasteiger partial charge in [-0.05, 0) is 57.0 Å². The van der Waals surface area contributed by atoms with Crippen molar-refractivity contribution in [2.75, 3.05) is 18.5 Å². The Balaban J connectivity index is 1.72. The van der Waals surface area contributed by atoms with Crippen LogP contribution in [-0.4, -0.2) is 30.4 Å². The summed E-state index contributed by atoms with van der Waals surface area (Å²) in [4.78, 5) is 17.0. The molecule has 1 aliphatic heterocycles. The Morgan fingerprint density at radius 1 is 1.21 bits per heavy atom. The summed E-state index contributed by atoms with van der Waals surface area (Å²) in [6, 6.07) is 14.6. The number of para-hydroxylation sites is 1. The average Bonchev–Trinajstić information content (AvgIpc) is 3.00. The number of hydrogen-bond donors (Lipinski definition) is 0. The fourth-order valence-corrected chi connectivity index (χ4v) is 3.41. The molecule has 0 fully saturated rings. The Kier molecular flexibility index (Phi) is 4.72. The predicted octanol–water partition coefficient (Wildman–Crippen LogP) is 3.71. The molecule has 0 unspecified atom stereocenters. The van der Waals surface area contributed by atoms with Crippen LogP contribution in [0.5, 0.6) is 0 Å². The number of benzene rings is 2. The zero-order valence-electron chi connectivity index (χ0n) is 15.0. The van der Waals surface area contributed by atoms with Crippen LogP contribution >= 0.6 is 0 Å². The van der Waals surface area contributed by atoms with Crippen LogP contribution in [0.3, 0.4) is 0 Å². The van der Waals surface area contributed by atoms with Crippen molar-refractivity contribution in [3.8, 4) is 0 Å². The molecular formula is C21H26N2O. The molecule has 1 heterocycles. The Morgan fingerprint density at radius 2 is 1.96 bits per heavy atom. The van der Waals surface area contributed by atoms with Crippen LogP contribution in [0.1, 0.15) is 29.2 Å². The van der Waals surface area contributed by atoms with Crippen LogP contribution in [0.4, 0.5) is 5.69 Å². The van der Waals surface area contributed by atoms with Gasteiger partial charge in [0.25, 0.3) is 0 Å². The Hall–Kier alpha value is -2.13. The maximum Gasteiger partial charge on any atom is 0.244 e. The van der Waals surface area contributed by atoms with Crippen molar-refractivity contribution in [3.63, 3.8) is 0 Å². The molecule has 1 atom stereocenters. The minimum atomic E-state index is -0.142. The Morgan fingerprint density at radius 3 is 2.71 bits per heavy atom. The smallest absolute Gasteiger partial charge is 0.244 e. The lowest BCUT2D eigenvalue weighted by Crippen LogP contribution is -2.45. The predicted molar refractivity (Wildman–Crippen MR) is 99.3 cm³/mol. The minimum absolute atomic E-state index is 0.142. The molecule has 0 aliphatic carbocycles. The van der Waals surface area contributed by atoms with Gasteiger partial charge in [0.1, 0.15) is 0 Å². The minimum Gasteiger partial charge on any atom is -0.310 e. The van der Waals surface area contributed by atoms with Crippen molar-refractivity contribution in [3.05, 3.63) is 64.7 Å². The van der Waals surface area contributed by atoms with Gasteiger partial charge in [0.05, 0.1) is 6.04 Å². The number of likely N-dealkylation sites (N-methyl/N-ethyl adjacent to an activating group) is 1. The van der Waals surface area contributed by atoms with Crippen LogP contribution in [-0.2, 0) is 17.8 Å². The van der Waals surface area contributed by atoms with E-state index in [-0.39, 0.29) is 11.9 Å². The number of carbonyl (C=O) groups is 1. The highest BCUT2D eigenvalue weighted by molar-refractivity contribution is 5.98. The number of nitrogens with zero attached hydrogens (tertiary/aromatic N) is 2. The van der Waals surface area contributed by atoms with Crippen molar-refractivity contribution in [2.24, 2.45) is 0 Å². The fraction of sp³-hybridized carbons (Fsp3) is 0.381. The molecule has 1 amide bonds. The number of hydrogen-bond acceptors (Lipinski definition) is 2. The van der Waals surface area contributed by atoms with Crippen LogP contribution in [0, 0.1) is 13.8 Å². The summed E-state index contributed by atoms with van der Waals surface area (Å²) in [6.07, 6.45) is 0.954. The van der Waals surface area contributed by atoms with Crippen molar-refractivity contribution < 1.29 is 4.79 Å². The van der Waals surface area contributed by atoms with Crippen molar-refractivity contribution >= 4 is 11.6 Å². The lowest BCUT2D eigenvalue weighted by atomic mass is 10.0. The highest BCUT2D eigenvalue weighted by Gasteiger charge is 2.29. The van der Waals surface area contributed by atoms with Gasteiger partial charge >= 0.3 is 0 Å². The summed E-state index contributed by atoms with van der Waals surface area (Å²) in [5.41, 5.74) is 6.19. The van der Waals surface area contributed by atoms with Gasteiger partial charge in [0.15, 0.2) is 0 Å². The molecule has 126 valence electrons. The van der Waals surface area contributed by atoms with Gasteiger partial charge in [-0.25, -0.2) is 0 Å². The Bertz CT molecular complexity index is 753. The van der Waals surface area contributed by atoms with Crippen molar-refractivity contribution in [2.45, 2.75) is 39.8 Å². The molecule has 0 N–H and O–H groups in total. The monoisotopic (exact) mass is 322 g/mol. The fourth-order valence-electron chi connectivity index (χ4n) is 3.41. The molecule has 0 bridgehead atoms. The quantitative estimate of drug-likeness (QED) is 0.856. The van der Waals surface area contributed by atoms with E-state index >= 15 is 0 Å². The van der Waals surface area contributed by atoms with E-state index in [2.05, 4.69) is 49.1 Å². The highest BCUT2D eigenvalue weighted by Crippen LogP contribution is 2.28. The first-order valence-electron chi connectivity index (χ1n) is 8.63. The Labute approximate surface area is 144 Å². The van der Waals surface area contributed by atoms with Crippen molar-refractivity contribution in [1.29, 1.82) is 0 Å². The highest BCUT2D eigenvalue weighted by atomic mass is 16.2. The molecule has 24 heavy (non-hydrogen) atoms. The van der Waals surface area contributed by atoms with Gasteiger partial charge in [0, 0.05) is 18.8 Å². The zero-order valence-corrected chi connectivity index (χ0v) is 15.0. The summed E-state index contributed by atoms with van der Waals surface area (Å²) >= 11 is 0.